The Balaban J connectivity index is 2.15. The molecule has 0 unspecified atom stereocenters. The molecule has 2 aliphatic rings. The topological polar surface area (TPSA) is 173 Å². The Kier molecular flexibility index (Phi) is 5.33. The third kappa shape index (κ3) is 3.46. The van der Waals surface area contributed by atoms with Crippen molar-refractivity contribution in [3.63, 3.8) is 0 Å². The van der Waals surface area contributed by atoms with Crippen molar-refractivity contribution in [3.05, 3.63) is 0 Å². The lowest BCUT2D eigenvalue weighted by Crippen LogP contribution is -2.59. The third-order valence-corrected chi connectivity index (χ3v) is 6.53. The molecule has 0 bridgehead atoms. The van der Waals surface area contributed by atoms with Gasteiger partial charge in [-0.05, 0) is 12.8 Å². The van der Waals surface area contributed by atoms with Crippen LogP contribution >= 0.6 is 0 Å². The zero-order chi connectivity index (χ0) is 18.3. The summed E-state index contributed by atoms with van der Waals surface area (Å²) in [5, 5.41) is 46.3. The summed E-state index contributed by atoms with van der Waals surface area (Å²) in [4.78, 5) is 23.2. The third-order valence-electron chi connectivity index (χ3n) is 4.64. The van der Waals surface area contributed by atoms with E-state index >= 15 is 0 Å². The number of carbonyl (C=O) groups is 2. The van der Waals surface area contributed by atoms with Gasteiger partial charge in [-0.2, -0.15) is 4.31 Å². The first-order valence-electron chi connectivity index (χ1n) is 7.53. The van der Waals surface area contributed by atoms with Crippen LogP contribution in [-0.2, 0) is 19.6 Å². The largest absolute Gasteiger partial charge is 0.481 e. The number of rotatable bonds is 3. The zero-order valence-electron chi connectivity index (χ0n) is 12.8. The zero-order valence-corrected chi connectivity index (χ0v) is 13.6. The average molecular weight is 367 g/mol. The van der Waals surface area contributed by atoms with Gasteiger partial charge < -0.3 is 25.5 Å². The summed E-state index contributed by atoms with van der Waals surface area (Å²) in [6.07, 6.45) is -6.20. The summed E-state index contributed by atoms with van der Waals surface area (Å²) in [6.45, 7) is -0.344. The molecule has 11 heteroatoms. The number of carboxylic acid groups (broad SMARTS) is 1. The van der Waals surface area contributed by atoms with Gasteiger partial charge in [-0.25, -0.2) is 8.42 Å². The highest BCUT2D eigenvalue weighted by Crippen LogP contribution is 2.33. The van der Waals surface area contributed by atoms with E-state index in [0.717, 1.165) is 4.31 Å². The van der Waals surface area contributed by atoms with Crippen LogP contribution in [0, 0.1) is 5.92 Å². The second-order valence-electron chi connectivity index (χ2n) is 6.37. The second kappa shape index (κ2) is 6.65. The molecule has 10 nitrogen and oxygen atoms in total. The van der Waals surface area contributed by atoms with E-state index in [4.69, 9.17) is 5.11 Å². The number of aliphatic carboxylic acids is 1. The van der Waals surface area contributed by atoms with Gasteiger partial charge in [0, 0.05) is 25.9 Å². The van der Waals surface area contributed by atoms with Crippen molar-refractivity contribution >= 4 is 21.1 Å². The van der Waals surface area contributed by atoms with E-state index in [1.165, 1.54) is 0 Å². The van der Waals surface area contributed by atoms with Crippen molar-refractivity contribution < 1.29 is 43.5 Å². The van der Waals surface area contributed by atoms with Crippen LogP contribution < -0.4 is 0 Å². The van der Waals surface area contributed by atoms with Crippen LogP contribution in [0.4, 0.5) is 0 Å². The van der Waals surface area contributed by atoms with Gasteiger partial charge >= 0.3 is 5.97 Å². The first-order chi connectivity index (χ1) is 11.0. The molecule has 5 N–H and O–H groups in total. The number of sulfonamides is 1. The van der Waals surface area contributed by atoms with Crippen LogP contribution in [0.15, 0.2) is 0 Å². The van der Waals surface area contributed by atoms with Gasteiger partial charge in [-0.3, -0.25) is 9.59 Å². The molecule has 2 rings (SSSR count). The van der Waals surface area contributed by atoms with Crippen molar-refractivity contribution in [3.8, 4) is 0 Å². The molecule has 1 saturated carbocycles. The lowest BCUT2D eigenvalue weighted by Gasteiger charge is -2.39. The Morgan fingerprint density at radius 3 is 1.88 bits per heavy atom. The van der Waals surface area contributed by atoms with E-state index in [-0.39, 0.29) is 25.9 Å². The molecular formula is C13H21NO9S. The fourth-order valence-corrected chi connectivity index (χ4v) is 4.71. The molecule has 0 amide bonds. The predicted octanol–water partition coefficient (Wildman–Crippen LogP) is -2.75. The van der Waals surface area contributed by atoms with Crippen LogP contribution in [0.25, 0.3) is 0 Å². The maximum Gasteiger partial charge on any atom is 0.306 e. The van der Waals surface area contributed by atoms with E-state index in [2.05, 4.69) is 0 Å². The van der Waals surface area contributed by atoms with Crippen LogP contribution in [0.3, 0.4) is 0 Å². The number of piperidine rings is 1. The molecule has 0 aromatic rings. The van der Waals surface area contributed by atoms with Gasteiger partial charge in [-0.15, -0.1) is 0 Å². The predicted molar refractivity (Wildman–Crippen MR) is 78.1 cm³/mol. The second-order valence-corrected chi connectivity index (χ2v) is 8.21. The van der Waals surface area contributed by atoms with Gasteiger partial charge in [-0.1, -0.05) is 0 Å². The molecule has 138 valence electrons. The minimum Gasteiger partial charge on any atom is -0.481 e. The lowest BCUT2D eigenvalue weighted by molar-refractivity contribution is -0.165. The normalized spacial score (nSPS) is 36.4. The van der Waals surface area contributed by atoms with Crippen LogP contribution in [0.1, 0.15) is 25.7 Å². The van der Waals surface area contributed by atoms with Crippen molar-refractivity contribution in [1.29, 1.82) is 0 Å². The standard InChI is InChI=1S/C13H21NO9S/c15-8-5-13(21,6-9(16)10(8)17)12(20)24(22,23)14-3-1-7(2-4-14)11(18)19/h7-10,15-17,21H,1-6H2,(H,18,19)/t8-,9-,10?,13?/m1/s1. The average Bonchev–Trinajstić information content (AvgIpc) is 2.51. The Labute approximate surface area is 138 Å². The molecule has 0 radical (unpaired) electrons. The summed E-state index contributed by atoms with van der Waals surface area (Å²) in [7, 11) is -4.59. The number of nitrogens with zero attached hydrogens (tertiary/aromatic N) is 1. The van der Waals surface area contributed by atoms with Gasteiger partial charge in [0.15, 0.2) is 0 Å². The van der Waals surface area contributed by atoms with Crippen LogP contribution in [-0.4, -0.2) is 86.3 Å². The molecule has 2 atom stereocenters. The van der Waals surface area contributed by atoms with Crippen LogP contribution in [0.5, 0.6) is 0 Å². The van der Waals surface area contributed by atoms with Crippen molar-refractivity contribution in [1.82, 2.24) is 4.31 Å². The van der Waals surface area contributed by atoms with E-state index in [1.807, 2.05) is 0 Å². The fourth-order valence-electron chi connectivity index (χ4n) is 3.14. The highest BCUT2D eigenvalue weighted by molar-refractivity contribution is 8.04. The van der Waals surface area contributed by atoms with E-state index in [1.54, 1.807) is 0 Å². The molecule has 1 aliphatic carbocycles. The van der Waals surface area contributed by atoms with Crippen molar-refractivity contribution in [2.24, 2.45) is 5.92 Å². The van der Waals surface area contributed by atoms with Gasteiger partial charge in [0.1, 0.15) is 11.7 Å². The number of carbonyl (C=O) groups excluding carboxylic acids is 1. The van der Waals surface area contributed by atoms with Gasteiger partial charge in [0.2, 0.25) is 0 Å². The first-order valence-corrected chi connectivity index (χ1v) is 8.97. The Morgan fingerprint density at radius 1 is 1.00 bits per heavy atom. The summed E-state index contributed by atoms with van der Waals surface area (Å²) in [6, 6.07) is 0. The number of hydrogen-bond acceptors (Lipinski definition) is 8. The molecule has 24 heavy (non-hydrogen) atoms. The SMILES string of the molecule is O=C(O)C1CCN(S(=O)(=O)C(=O)C2(O)C[C@@H](O)C(O)[C@H](O)C2)CC1. The Bertz CT molecular complexity index is 599. The number of aliphatic hydroxyl groups is 4. The van der Waals surface area contributed by atoms with E-state index in [9.17, 15) is 38.4 Å². The smallest absolute Gasteiger partial charge is 0.306 e. The van der Waals surface area contributed by atoms with Crippen LogP contribution in [0.2, 0.25) is 0 Å². The Hall–Kier alpha value is -1.11. The fraction of sp³-hybridized carbons (Fsp3) is 0.846. The lowest BCUT2D eigenvalue weighted by atomic mass is 9.80. The first kappa shape index (κ1) is 19.2. The summed E-state index contributed by atoms with van der Waals surface area (Å²) in [5.74, 6) is -1.73. The van der Waals surface area contributed by atoms with E-state index < -0.39 is 63.8 Å². The quantitative estimate of drug-likeness (QED) is 0.354. The molecule has 2 fully saturated rings. The van der Waals surface area contributed by atoms with Crippen molar-refractivity contribution in [2.75, 3.05) is 13.1 Å². The molecule has 0 aromatic heterocycles. The molecule has 1 heterocycles. The molecule has 1 saturated heterocycles. The summed E-state index contributed by atoms with van der Waals surface area (Å²) in [5.41, 5.74) is -2.51. The Morgan fingerprint density at radius 2 is 1.46 bits per heavy atom. The monoisotopic (exact) mass is 367 g/mol. The van der Waals surface area contributed by atoms with Gasteiger partial charge in [0.25, 0.3) is 15.1 Å². The highest BCUT2D eigenvalue weighted by atomic mass is 32.2. The molecule has 1 aliphatic heterocycles. The molecule has 0 spiro atoms. The number of carboxylic acids is 1. The molecule has 0 aromatic carbocycles. The minimum atomic E-state index is -4.59. The van der Waals surface area contributed by atoms with Gasteiger partial charge in [0.05, 0.1) is 18.1 Å². The van der Waals surface area contributed by atoms with E-state index in [0.29, 0.717) is 0 Å². The number of hydrogen-bond donors (Lipinski definition) is 5. The summed E-state index contributed by atoms with van der Waals surface area (Å²) < 4.78 is 25.6. The maximum absolute atomic E-state index is 12.4. The maximum atomic E-state index is 12.4. The summed E-state index contributed by atoms with van der Waals surface area (Å²) >= 11 is 0. The number of aliphatic hydroxyl groups excluding tert-OH is 3. The van der Waals surface area contributed by atoms with Crippen molar-refractivity contribution in [2.45, 2.75) is 49.6 Å². The minimum absolute atomic E-state index is 0.0459. The molecular weight excluding hydrogens is 346 g/mol. The highest BCUT2D eigenvalue weighted by Gasteiger charge is 2.53.